The maximum Gasteiger partial charge on any atom is 0.330 e. The van der Waals surface area contributed by atoms with Crippen molar-refractivity contribution in [2.75, 3.05) is 11.1 Å². The highest BCUT2D eigenvalue weighted by molar-refractivity contribution is 5.61. The average Bonchev–Trinajstić information content (AvgIpc) is 2.34. The second-order valence-corrected chi connectivity index (χ2v) is 4.66. The molecule has 18 heavy (non-hydrogen) atoms. The van der Waals surface area contributed by atoms with Gasteiger partial charge in [0.25, 0.3) is 5.56 Å². The van der Waals surface area contributed by atoms with Gasteiger partial charge in [-0.15, -0.1) is 0 Å². The summed E-state index contributed by atoms with van der Waals surface area (Å²) in [6.45, 7) is 8.32. The first-order valence-corrected chi connectivity index (χ1v) is 6.29. The van der Waals surface area contributed by atoms with E-state index in [4.69, 9.17) is 5.73 Å². The van der Waals surface area contributed by atoms with E-state index in [2.05, 4.69) is 10.3 Å². The molecule has 1 rings (SSSR count). The van der Waals surface area contributed by atoms with Gasteiger partial charge < -0.3 is 11.1 Å². The quantitative estimate of drug-likeness (QED) is 0.734. The standard InChI is InChI=1S/C12H22N4O2/c1-5-12(4,6-2)15-8-9(13)16(7-3)11(18)14-10(8)17/h15H,5-7,13H2,1-4H3,(H,14,17,18). The maximum absolute atomic E-state index is 11.8. The highest BCUT2D eigenvalue weighted by Crippen LogP contribution is 2.22. The fourth-order valence-corrected chi connectivity index (χ4v) is 1.75. The highest BCUT2D eigenvalue weighted by atomic mass is 16.2. The molecule has 1 aromatic rings. The molecule has 0 amide bonds. The number of aromatic amines is 1. The van der Waals surface area contributed by atoms with Gasteiger partial charge in [0.1, 0.15) is 11.5 Å². The van der Waals surface area contributed by atoms with Crippen molar-refractivity contribution in [2.45, 2.75) is 52.6 Å². The van der Waals surface area contributed by atoms with Gasteiger partial charge in [0.2, 0.25) is 0 Å². The Kier molecular flexibility index (Phi) is 4.21. The number of nitrogen functional groups attached to an aromatic ring is 1. The molecule has 0 saturated carbocycles. The second kappa shape index (κ2) is 5.29. The fourth-order valence-electron chi connectivity index (χ4n) is 1.75. The molecule has 1 aromatic heterocycles. The largest absolute Gasteiger partial charge is 0.383 e. The summed E-state index contributed by atoms with van der Waals surface area (Å²) in [7, 11) is 0. The van der Waals surface area contributed by atoms with Crippen LogP contribution in [0.1, 0.15) is 40.5 Å². The Morgan fingerprint density at radius 2 is 1.83 bits per heavy atom. The van der Waals surface area contributed by atoms with E-state index in [-0.39, 0.29) is 17.0 Å². The van der Waals surface area contributed by atoms with E-state index in [1.54, 1.807) is 6.92 Å². The van der Waals surface area contributed by atoms with Gasteiger partial charge in [-0.1, -0.05) is 13.8 Å². The third-order valence-corrected chi connectivity index (χ3v) is 3.54. The minimum absolute atomic E-state index is 0.194. The van der Waals surface area contributed by atoms with Crippen molar-refractivity contribution in [3.8, 4) is 0 Å². The number of H-pyrrole nitrogens is 1. The SMILES string of the molecule is CCn1c(N)c(NC(C)(CC)CC)c(=O)[nH]c1=O. The Labute approximate surface area is 106 Å². The number of anilines is 2. The lowest BCUT2D eigenvalue weighted by Gasteiger charge is -2.29. The van der Waals surface area contributed by atoms with Crippen LogP contribution in [-0.2, 0) is 6.54 Å². The Hall–Kier alpha value is -1.72. The van der Waals surface area contributed by atoms with Crippen LogP contribution in [-0.4, -0.2) is 15.1 Å². The monoisotopic (exact) mass is 254 g/mol. The van der Waals surface area contributed by atoms with Crippen LogP contribution in [0.25, 0.3) is 0 Å². The molecule has 6 heteroatoms. The van der Waals surface area contributed by atoms with Gasteiger partial charge in [-0.3, -0.25) is 14.3 Å². The predicted molar refractivity (Wildman–Crippen MR) is 74.0 cm³/mol. The number of nitrogens with one attached hydrogen (secondary N) is 2. The van der Waals surface area contributed by atoms with Crippen molar-refractivity contribution in [3.63, 3.8) is 0 Å². The zero-order chi connectivity index (χ0) is 13.9. The van der Waals surface area contributed by atoms with Gasteiger partial charge in [-0.05, 0) is 26.7 Å². The van der Waals surface area contributed by atoms with Gasteiger partial charge in [0.05, 0.1) is 0 Å². The molecular formula is C12H22N4O2. The summed E-state index contributed by atoms with van der Waals surface area (Å²) in [5, 5.41) is 3.16. The molecule has 0 unspecified atom stereocenters. The molecule has 0 aromatic carbocycles. The topological polar surface area (TPSA) is 92.9 Å². The summed E-state index contributed by atoms with van der Waals surface area (Å²) in [6, 6.07) is 0. The van der Waals surface area contributed by atoms with E-state index >= 15 is 0 Å². The van der Waals surface area contributed by atoms with E-state index in [1.165, 1.54) is 4.57 Å². The van der Waals surface area contributed by atoms with Crippen LogP contribution >= 0.6 is 0 Å². The third kappa shape index (κ3) is 2.57. The lowest BCUT2D eigenvalue weighted by molar-refractivity contribution is 0.477. The number of nitrogens with zero attached hydrogens (tertiary/aromatic N) is 1. The van der Waals surface area contributed by atoms with Crippen LogP contribution in [0.15, 0.2) is 9.59 Å². The molecule has 0 atom stereocenters. The molecule has 0 fully saturated rings. The van der Waals surface area contributed by atoms with Gasteiger partial charge in [-0.2, -0.15) is 0 Å². The van der Waals surface area contributed by atoms with Crippen molar-refractivity contribution in [1.29, 1.82) is 0 Å². The third-order valence-electron chi connectivity index (χ3n) is 3.54. The van der Waals surface area contributed by atoms with Crippen molar-refractivity contribution >= 4 is 11.5 Å². The van der Waals surface area contributed by atoms with Crippen molar-refractivity contribution in [2.24, 2.45) is 0 Å². The Morgan fingerprint density at radius 1 is 1.28 bits per heavy atom. The van der Waals surface area contributed by atoms with E-state index in [0.717, 1.165) is 12.8 Å². The summed E-state index contributed by atoms with van der Waals surface area (Å²) in [4.78, 5) is 25.7. The van der Waals surface area contributed by atoms with Crippen molar-refractivity contribution in [3.05, 3.63) is 20.8 Å². The smallest absolute Gasteiger partial charge is 0.330 e. The zero-order valence-corrected chi connectivity index (χ0v) is 11.5. The number of hydrogen-bond donors (Lipinski definition) is 3. The molecule has 0 saturated heterocycles. The molecule has 102 valence electrons. The summed E-state index contributed by atoms with van der Waals surface area (Å²) < 4.78 is 1.34. The summed E-state index contributed by atoms with van der Waals surface area (Å²) in [5.74, 6) is 0.194. The molecule has 0 aliphatic heterocycles. The number of nitrogens with two attached hydrogens (primary N) is 1. The van der Waals surface area contributed by atoms with E-state index in [9.17, 15) is 9.59 Å². The molecule has 1 heterocycles. The first-order chi connectivity index (χ1) is 8.38. The van der Waals surface area contributed by atoms with Crippen LogP contribution in [0.2, 0.25) is 0 Å². The Balaban J connectivity index is 3.34. The van der Waals surface area contributed by atoms with Crippen LogP contribution in [0.5, 0.6) is 0 Å². The first kappa shape index (κ1) is 14.3. The van der Waals surface area contributed by atoms with Crippen LogP contribution < -0.4 is 22.3 Å². The van der Waals surface area contributed by atoms with Crippen LogP contribution in [0.3, 0.4) is 0 Å². The second-order valence-electron chi connectivity index (χ2n) is 4.66. The molecule has 4 N–H and O–H groups in total. The predicted octanol–water partition coefficient (Wildman–Crippen LogP) is 1.13. The highest BCUT2D eigenvalue weighted by Gasteiger charge is 2.23. The van der Waals surface area contributed by atoms with E-state index < -0.39 is 11.2 Å². The molecule has 0 spiro atoms. The maximum atomic E-state index is 11.8. The Bertz CT molecular complexity index is 526. The first-order valence-electron chi connectivity index (χ1n) is 6.29. The molecule has 6 nitrogen and oxygen atoms in total. The van der Waals surface area contributed by atoms with E-state index in [1.807, 2.05) is 20.8 Å². The lowest BCUT2D eigenvalue weighted by Crippen LogP contribution is -2.40. The minimum Gasteiger partial charge on any atom is -0.383 e. The van der Waals surface area contributed by atoms with Crippen LogP contribution in [0.4, 0.5) is 11.5 Å². The zero-order valence-electron chi connectivity index (χ0n) is 11.5. The molecule has 0 aliphatic rings. The summed E-state index contributed by atoms with van der Waals surface area (Å²) in [6.07, 6.45) is 1.71. The van der Waals surface area contributed by atoms with Crippen LogP contribution in [0, 0.1) is 0 Å². The van der Waals surface area contributed by atoms with Gasteiger partial charge in [0.15, 0.2) is 0 Å². The van der Waals surface area contributed by atoms with Gasteiger partial charge >= 0.3 is 5.69 Å². The number of rotatable bonds is 5. The van der Waals surface area contributed by atoms with Gasteiger partial charge in [0, 0.05) is 12.1 Å². The number of aromatic nitrogens is 2. The Morgan fingerprint density at radius 3 is 2.28 bits per heavy atom. The molecule has 0 radical (unpaired) electrons. The summed E-state index contributed by atoms with van der Waals surface area (Å²) in [5.41, 5.74) is 5.03. The molecular weight excluding hydrogens is 232 g/mol. The van der Waals surface area contributed by atoms with Crippen molar-refractivity contribution in [1.82, 2.24) is 9.55 Å². The van der Waals surface area contributed by atoms with Crippen molar-refractivity contribution < 1.29 is 0 Å². The average molecular weight is 254 g/mol. The summed E-state index contributed by atoms with van der Waals surface area (Å²) >= 11 is 0. The van der Waals surface area contributed by atoms with Gasteiger partial charge in [-0.25, -0.2) is 4.79 Å². The molecule has 0 aliphatic carbocycles. The minimum atomic E-state index is -0.472. The fraction of sp³-hybridized carbons (Fsp3) is 0.667. The number of hydrogen-bond acceptors (Lipinski definition) is 4. The normalized spacial score (nSPS) is 11.6. The lowest BCUT2D eigenvalue weighted by atomic mass is 9.95. The molecule has 0 bridgehead atoms. The van der Waals surface area contributed by atoms with E-state index in [0.29, 0.717) is 6.54 Å².